The van der Waals surface area contributed by atoms with Crippen molar-refractivity contribution in [1.29, 1.82) is 0 Å². The molecular formula is C3H9O6P. The van der Waals surface area contributed by atoms with Gasteiger partial charge < -0.3 is 24.9 Å². The second kappa shape index (κ2) is 6.85. The number of hydrogen-bond acceptors (Lipinski definition) is 5. The lowest BCUT2D eigenvalue weighted by molar-refractivity contribution is -0.145. The fraction of sp³-hybridized carbons (Fsp3) is 0.667. The number of aliphatic hydroxyl groups excluding tert-OH is 1. The maximum Gasteiger partial charge on any atom is 0.332 e. The molecule has 0 bridgehead atoms. The van der Waals surface area contributed by atoms with Crippen molar-refractivity contribution in [1.82, 2.24) is 0 Å². The molecule has 0 aromatic carbocycles. The Bertz CT molecular complexity index is 88.2. The second-order valence-electron chi connectivity index (χ2n) is 1.28. The summed E-state index contributed by atoms with van der Waals surface area (Å²) in [4.78, 5) is 31.1. The number of carbonyl (C=O) groups is 1. The van der Waals surface area contributed by atoms with Gasteiger partial charge in [0.15, 0.2) is 0 Å². The van der Waals surface area contributed by atoms with E-state index >= 15 is 0 Å². The number of aliphatic carboxylic acids is 1. The monoisotopic (exact) mass is 172 g/mol. The first-order chi connectivity index (χ1) is 4.37. The fourth-order valence-corrected chi connectivity index (χ4v) is 0. The Morgan fingerprint density at radius 1 is 1.40 bits per heavy atom. The minimum atomic E-state index is -2.62. The molecule has 0 saturated carbocycles. The Kier molecular flexibility index (Phi) is 8.51. The van der Waals surface area contributed by atoms with Crippen LogP contribution in [0.2, 0.25) is 0 Å². The van der Waals surface area contributed by atoms with E-state index in [4.69, 9.17) is 24.9 Å². The van der Waals surface area contributed by atoms with Crippen molar-refractivity contribution in [2.24, 2.45) is 0 Å². The summed E-state index contributed by atoms with van der Waals surface area (Å²) in [6, 6.07) is 0. The van der Waals surface area contributed by atoms with Gasteiger partial charge in [-0.15, -0.1) is 0 Å². The van der Waals surface area contributed by atoms with E-state index < -0.39 is 20.7 Å². The molecule has 5 N–H and O–H groups in total. The molecule has 0 heterocycles. The van der Waals surface area contributed by atoms with Gasteiger partial charge >= 0.3 is 14.6 Å². The van der Waals surface area contributed by atoms with E-state index in [0.717, 1.165) is 0 Å². The zero-order valence-corrected chi connectivity index (χ0v) is 6.06. The van der Waals surface area contributed by atoms with Crippen LogP contribution in [-0.4, -0.2) is 37.0 Å². The summed E-state index contributed by atoms with van der Waals surface area (Å²) in [5.74, 6) is -1.19. The summed E-state index contributed by atoms with van der Waals surface area (Å²) in [6.45, 7) is 1.20. The van der Waals surface area contributed by atoms with Crippen molar-refractivity contribution >= 4 is 14.6 Å². The van der Waals surface area contributed by atoms with Gasteiger partial charge in [0.25, 0.3) is 0 Å². The van der Waals surface area contributed by atoms with Crippen LogP contribution in [0, 0.1) is 0 Å². The summed E-state index contributed by atoms with van der Waals surface area (Å²) in [7, 11) is -2.62. The number of carboxylic acids is 1. The molecule has 0 aromatic heterocycles. The van der Waals surface area contributed by atoms with Gasteiger partial charge in [-0.05, 0) is 6.92 Å². The Labute approximate surface area is 58.4 Å². The summed E-state index contributed by atoms with van der Waals surface area (Å²) in [5.41, 5.74) is 0. The molecule has 6 nitrogen and oxygen atoms in total. The average molecular weight is 172 g/mol. The molecule has 0 radical (unpaired) electrons. The normalized spacial score (nSPS) is 11.8. The zero-order valence-electron chi connectivity index (χ0n) is 5.17. The average Bonchev–Trinajstić information content (AvgIpc) is 1.63. The van der Waals surface area contributed by atoms with Gasteiger partial charge in [-0.3, -0.25) is 0 Å². The molecule has 0 spiro atoms. The lowest BCUT2D eigenvalue weighted by Gasteiger charge is -1.89. The fourth-order valence-electron chi connectivity index (χ4n) is 0. The first-order valence-electron chi connectivity index (χ1n) is 2.15. The Hall–Kier alpha value is -0.260. The highest BCUT2D eigenvalue weighted by atomic mass is 31.2. The molecule has 62 valence electrons. The molecule has 1 atom stereocenters. The maximum absolute atomic E-state index is 9.45. The first kappa shape index (κ1) is 12.4. The van der Waals surface area contributed by atoms with E-state index in [1.807, 2.05) is 0 Å². The Balaban J connectivity index is 0. The largest absolute Gasteiger partial charge is 0.479 e. The molecular weight excluding hydrogens is 163 g/mol. The molecule has 1 unspecified atom stereocenters. The van der Waals surface area contributed by atoms with E-state index in [2.05, 4.69) is 0 Å². The van der Waals surface area contributed by atoms with E-state index in [9.17, 15) is 4.79 Å². The van der Waals surface area contributed by atoms with Crippen molar-refractivity contribution in [3.8, 4) is 0 Å². The molecule has 0 saturated heterocycles. The van der Waals surface area contributed by atoms with Gasteiger partial charge in [0, 0.05) is 0 Å². The molecule has 0 fully saturated rings. The molecule has 7 heteroatoms. The van der Waals surface area contributed by atoms with E-state index in [1.54, 1.807) is 0 Å². The summed E-state index contributed by atoms with van der Waals surface area (Å²) in [5, 5.41) is 15.8. The topological polar surface area (TPSA) is 118 Å². The molecule has 0 aliphatic heterocycles. The smallest absolute Gasteiger partial charge is 0.332 e. The zero-order chi connectivity index (χ0) is 8.73. The van der Waals surface area contributed by atoms with Crippen LogP contribution in [-0.2, 0) is 4.79 Å². The minimum absolute atomic E-state index is 1.19. The lowest BCUT2D eigenvalue weighted by Crippen LogP contribution is -2.13. The SMILES string of the molecule is CC(O)C(=O)O.OP(O)O. The number of hydrogen-bond donors (Lipinski definition) is 5. The first-order valence-corrected chi connectivity index (χ1v) is 3.35. The molecule has 0 amide bonds. The Morgan fingerprint density at radius 3 is 1.50 bits per heavy atom. The van der Waals surface area contributed by atoms with Gasteiger partial charge in [-0.1, -0.05) is 0 Å². The quantitative estimate of drug-likeness (QED) is 0.312. The van der Waals surface area contributed by atoms with E-state index in [-0.39, 0.29) is 0 Å². The predicted molar refractivity (Wildman–Crippen MR) is 32.9 cm³/mol. The van der Waals surface area contributed by atoms with Crippen LogP contribution >= 0.6 is 8.60 Å². The standard InChI is InChI=1S/C3H6O3.H3O3P/c1-2(4)3(5)6;1-4(2)3/h2,4H,1H3,(H,5,6);1-3H. The highest BCUT2D eigenvalue weighted by Gasteiger charge is 2.01. The van der Waals surface area contributed by atoms with E-state index in [1.165, 1.54) is 6.92 Å². The van der Waals surface area contributed by atoms with Crippen LogP contribution < -0.4 is 0 Å². The highest BCUT2D eigenvalue weighted by Crippen LogP contribution is 2.11. The predicted octanol–water partition coefficient (Wildman–Crippen LogP) is -1.36. The van der Waals surface area contributed by atoms with Gasteiger partial charge in [0.1, 0.15) is 6.10 Å². The van der Waals surface area contributed by atoms with Gasteiger partial charge in [-0.2, -0.15) is 0 Å². The molecule has 10 heavy (non-hydrogen) atoms. The molecule has 0 rings (SSSR count). The minimum Gasteiger partial charge on any atom is -0.479 e. The molecule has 0 aliphatic rings. The van der Waals surface area contributed by atoms with Gasteiger partial charge in [0.05, 0.1) is 0 Å². The summed E-state index contributed by atoms with van der Waals surface area (Å²) >= 11 is 0. The maximum atomic E-state index is 9.45. The number of carboxylic acid groups (broad SMARTS) is 1. The third-order valence-corrected chi connectivity index (χ3v) is 0.357. The van der Waals surface area contributed by atoms with Crippen molar-refractivity contribution in [3.05, 3.63) is 0 Å². The van der Waals surface area contributed by atoms with Crippen LogP contribution in [0.4, 0.5) is 0 Å². The van der Waals surface area contributed by atoms with E-state index in [0.29, 0.717) is 0 Å². The van der Waals surface area contributed by atoms with Crippen molar-refractivity contribution in [2.45, 2.75) is 13.0 Å². The van der Waals surface area contributed by atoms with Crippen molar-refractivity contribution in [2.75, 3.05) is 0 Å². The highest BCUT2D eigenvalue weighted by molar-refractivity contribution is 7.38. The number of rotatable bonds is 1. The van der Waals surface area contributed by atoms with Crippen LogP contribution in [0.15, 0.2) is 0 Å². The molecule has 0 aromatic rings. The van der Waals surface area contributed by atoms with Gasteiger partial charge in [-0.25, -0.2) is 4.79 Å². The van der Waals surface area contributed by atoms with Crippen molar-refractivity contribution in [3.63, 3.8) is 0 Å². The third-order valence-electron chi connectivity index (χ3n) is 0.357. The molecule has 0 aliphatic carbocycles. The second-order valence-corrected chi connectivity index (χ2v) is 1.82. The van der Waals surface area contributed by atoms with Crippen LogP contribution in [0.25, 0.3) is 0 Å². The van der Waals surface area contributed by atoms with Gasteiger partial charge in [0.2, 0.25) is 0 Å². The number of aliphatic hydroxyl groups is 1. The Morgan fingerprint density at radius 2 is 1.50 bits per heavy atom. The summed E-state index contributed by atoms with van der Waals surface area (Å²) < 4.78 is 0. The lowest BCUT2D eigenvalue weighted by atomic mass is 10.4. The van der Waals surface area contributed by atoms with Crippen LogP contribution in [0.1, 0.15) is 6.92 Å². The van der Waals surface area contributed by atoms with Crippen LogP contribution in [0.5, 0.6) is 0 Å². The summed E-state index contributed by atoms with van der Waals surface area (Å²) in [6.07, 6.45) is -1.23. The third kappa shape index (κ3) is 25.1. The van der Waals surface area contributed by atoms with Crippen molar-refractivity contribution < 1.29 is 29.7 Å². The van der Waals surface area contributed by atoms with Crippen LogP contribution in [0.3, 0.4) is 0 Å².